The SMILES string of the molecule is COc1cc(OC(=O)c2ccsc2)ccc1-c1ccc2c(c1C(O)C(=O)c1ccc(C)s1)C(C)=CC(C)(C)N2. The van der Waals surface area contributed by atoms with Gasteiger partial charge in [0, 0.05) is 38.7 Å². The number of hydrogen-bond donors (Lipinski definition) is 2. The van der Waals surface area contributed by atoms with Crippen LogP contribution in [0.25, 0.3) is 16.7 Å². The highest BCUT2D eigenvalue weighted by molar-refractivity contribution is 7.14. The molecule has 200 valence electrons. The van der Waals surface area contributed by atoms with Crippen LogP contribution >= 0.6 is 22.7 Å². The fraction of sp³-hybridized carbons (Fsp3) is 0.226. The Morgan fingerprint density at radius 3 is 2.46 bits per heavy atom. The van der Waals surface area contributed by atoms with Crippen LogP contribution in [0.5, 0.6) is 11.5 Å². The number of aryl methyl sites for hydroxylation is 1. The Morgan fingerprint density at radius 1 is 1.03 bits per heavy atom. The number of benzene rings is 2. The number of ketones is 1. The van der Waals surface area contributed by atoms with Crippen molar-refractivity contribution in [1.29, 1.82) is 0 Å². The van der Waals surface area contributed by atoms with Gasteiger partial charge in [-0.3, -0.25) is 4.79 Å². The van der Waals surface area contributed by atoms with Gasteiger partial charge < -0.3 is 19.9 Å². The number of carbonyl (C=O) groups excluding carboxylic acids is 2. The lowest BCUT2D eigenvalue weighted by molar-refractivity contribution is 0.0732. The number of nitrogens with one attached hydrogen (secondary N) is 1. The normalized spacial score (nSPS) is 14.6. The lowest BCUT2D eigenvalue weighted by Gasteiger charge is -2.34. The maximum absolute atomic E-state index is 13.5. The Morgan fingerprint density at radius 2 is 1.79 bits per heavy atom. The molecule has 0 aliphatic carbocycles. The van der Waals surface area contributed by atoms with Crippen molar-refractivity contribution in [3.63, 3.8) is 0 Å². The van der Waals surface area contributed by atoms with Crippen molar-refractivity contribution in [1.82, 2.24) is 0 Å². The number of methoxy groups -OCH3 is 1. The maximum Gasteiger partial charge on any atom is 0.344 e. The van der Waals surface area contributed by atoms with E-state index >= 15 is 0 Å². The minimum absolute atomic E-state index is 0.290. The number of fused-ring (bicyclic) bond motifs is 1. The van der Waals surface area contributed by atoms with Gasteiger partial charge in [-0.1, -0.05) is 12.1 Å². The molecule has 5 rings (SSSR count). The Labute approximate surface area is 235 Å². The van der Waals surface area contributed by atoms with Crippen LogP contribution in [0.4, 0.5) is 5.69 Å². The predicted molar refractivity (Wildman–Crippen MR) is 157 cm³/mol. The Hall–Kier alpha value is -3.72. The molecule has 3 heterocycles. The number of rotatable bonds is 7. The third-order valence-electron chi connectivity index (χ3n) is 6.61. The van der Waals surface area contributed by atoms with Crippen molar-refractivity contribution < 1.29 is 24.2 Å². The fourth-order valence-electron chi connectivity index (χ4n) is 5.00. The topological polar surface area (TPSA) is 84.9 Å². The number of esters is 1. The zero-order valence-electron chi connectivity index (χ0n) is 22.3. The molecule has 2 aromatic carbocycles. The van der Waals surface area contributed by atoms with Gasteiger partial charge in [-0.05, 0) is 80.6 Å². The van der Waals surface area contributed by atoms with Crippen LogP contribution in [0.1, 0.15) is 62.9 Å². The molecule has 0 radical (unpaired) electrons. The van der Waals surface area contributed by atoms with E-state index in [1.807, 2.05) is 37.4 Å². The first-order valence-corrected chi connectivity index (χ1v) is 14.2. The van der Waals surface area contributed by atoms with Gasteiger partial charge in [0.2, 0.25) is 5.78 Å². The van der Waals surface area contributed by atoms with E-state index in [9.17, 15) is 14.7 Å². The molecule has 1 atom stereocenters. The van der Waals surface area contributed by atoms with Crippen molar-refractivity contribution in [3.8, 4) is 22.6 Å². The lowest BCUT2D eigenvalue weighted by Crippen LogP contribution is -2.32. The minimum Gasteiger partial charge on any atom is -0.496 e. The second kappa shape index (κ2) is 10.4. The molecule has 6 nitrogen and oxygen atoms in total. The molecule has 39 heavy (non-hydrogen) atoms. The van der Waals surface area contributed by atoms with Crippen molar-refractivity contribution in [2.24, 2.45) is 0 Å². The molecule has 4 aromatic rings. The summed E-state index contributed by atoms with van der Waals surface area (Å²) < 4.78 is 11.3. The smallest absolute Gasteiger partial charge is 0.344 e. The van der Waals surface area contributed by atoms with Gasteiger partial charge in [0.25, 0.3) is 0 Å². The Balaban J connectivity index is 1.64. The van der Waals surface area contributed by atoms with Gasteiger partial charge in [-0.25, -0.2) is 4.79 Å². The van der Waals surface area contributed by atoms with Crippen molar-refractivity contribution in [2.45, 2.75) is 39.3 Å². The fourth-order valence-corrected chi connectivity index (χ4v) is 6.46. The zero-order chi connectivity index (χ0) is 27.9. The number of anilines is 1. The zero-order valence-corrected chi connectivity index (χ0v) is 24.0. The third-order valence-corrected chi connectivity index (χ3v) is 8.31. The molecule has 1 unspecified atom stereocenters. The molecule has 0 saturated carbocycles. The first kappa shape index (κ1) is 26.9. The molecule has 8 heteroatoms. The number of aliphatic hydroxyl groups is 1. The summed E-state index contributed by atoms with van der Waals surface area (Å²) in [5.41, 5.74) is 4.60. The summed E-state index contributed by atoms with van der Waals surface area (Å²) in [6.45, 7) is 8.07. The van der Waals surface area contributed by atoms with E-state index in [-0.39, 0.29) is 11.3 Å². The summed E-state index contributed by atoms with van der Waals surface area (Å²) in [5, 5.41) is 18.7. The molecule has 0 bridgehead atoms. The Bertz CT molecular complexity index is 1600. The number of carbonyl (C=O) groups is 2. The van der Waals surface area contributed by atoms with E-state index in [1.165, 1.54) is 29.8 Å². The van der Waals surface area contributed by atoms with Gasteiger partial charge >= 0.3 is 5.97 Å². The Kier molecular flexibility index (Phi) is 7.20. The number of ether oxygens (including phenoxy) is 2. The summed E-state index contributed by atoms with van der Waals surface area (Å²) in [6.07, 6.45) is 0.694. The summed E-state index contributed by atoms with van der Waals surface area (Å²) in [6, 6.07) is 14.3. The van der Waals surface area contributed by atoms with E-state index < -0.39 is 12.1 Å². The number of allylic oxidation sites excluding steroid dienone is 1. The summed E-state index contributed by atoms with van der Waals surface area (Å²) in [7, 11) is 1.53. The van der Waals surface area contributed by atoms with Crippen molar-refractivity contribution in [2.75, 3.05) is 12.4 Å². The molecule has 0 fully saturated rings. The molecule has 0 saturated heterocycles. The summed E-state index contributed by atoms with van der Waals surface area (Å²) in [4.78, 5) is 27.5. The average Bonchev–Trinajstić information content (AvgIpc) is 3.59. The van der Waals surface area contributed by atoms with E-state index in [0.717, 1.165) is 21.7 Å². The van der Waals surface area contributed by atoms with Crippen LogP contribution in [-0.2, 0) is 0 Å². The van der Waals surface area contributed by atoms with Crippen LogP contribution in [0, 0.1) is 6.92 Å². The largest absolute Gasteiger partial charge is 0.496 e. The highest BCUT2D eigenvalue weighted by Gasteiger charge is 2.32. The number of Topliss-reactive ketones (excluding diaryl/α,β-unsaturated/α-hetero) is 1. The van der Waals surface area contributed by atoms with Crippen molar-refractivity contribution >= 4 is 45.7 Å². The first-order chi connectivity index (χ1) is 18.6. The van der Waals surface area contributed by atoms with Crippen LogP contribution < -0.4 is 14.8 Å². The van der Waals surface area contributed by atoms with Gasteiger partial charge in [0.05, 0.1) is 23.1 Å². The van der Waals surface area contributed by atoms with Crippen LogP contribution in [0.15, 0.2) is 65.4 Å². The summed E-state index contributed by atoms with van der Waals surface area (Å²) >= 11 is 2.78. The van der Waals surface area contributed by atoms with E-state index in [4.69, 9.17) is 9.47 Å². The minimum atomic E-state index is -1.40. The average molecular weight is 560 g/mol. The number of hydrogen-bond acceptors (Lipinski definition) is 8. The number of thiophene rings is 2. The standard InChI is InChI=1S/C31H29NO5S2/c1-17-15-31(3,4)32-23-10-9-22(27(26(17)23)29(34)28(33)25-11-6-18(2)39-25)21-8-7-20(14-24(21)36-5)37-30(35)19-12-13-38-16-19/h6-16,29,32,34H,1-5H3. The van der Waals surface area contributed by atoms with Crippen LogP contribution in [-0.4, -0.2) is 29.5 Å². The first-order valence-electron chi connectivity index (χ1n) is 12.4. The van der Waals surface area contributed by atoms with Gasteiger partial charge in [0.1, 0.15) is 17.6 Å². The quantitative estimate of drug-likeness (QED) is 0.138. The van der Waals surface area contributed by atoms with Gasteiger partial charge in [-0.15, -0.1) is 11.3 Å². The molecule has 2 N–H and O–H groups in total. The molecule has 0 spiro atoms. The molecule has 1 aliphatic heterocycles. The molecule has 2 aromatic heterocycles. The molecule has 1 aliphatic rings. The van der Waals surface area contributed by atoms with E-state index in [1.54, 1.807) is 35.7 Å². The third kappa shape index (κ3) is 5.28. The maximum atomic E-state index is 13.5. The van der Waals surface area contributed by atoms with E-state index in [0.29, 0.717) is 38.6 Å². The van der Waals surface area contributed by atoms with Crippen LogP contribution in [0.3, 0.4) is 0 Å². The van der Waals surface area contributed by atoms with Gasteiger partial charge in [-0.2, -0.15) is 11.3 Å². The molecular formula is C31H29NO5S2. The molecule has 0 amide bonds. The monoisotopic (exact) mass is 559 g/mol. The summed E-state index contributed by atoms with van der Waals surface area (Å²) in [5.74, 6) is -0.0384. The second-order valence-corrected chi connectivity index (χ2v) is 12.1. The lowest BCUT2D eigenvalue weighted by atomic mass is 9.82. The molecular weight excluding hydrogens is 530 g/mol. The second-order valence-electron chi connectivity index (χ2n) is 10.1. The number of aliphatic hydroxyl groups excluding tert-OH is 1. The predicted octanol–water partition coefficient (Wildman–Crippen LogP) is 7.54. The highest BCUT2D eigenvalue weighted by atomic mass is 32.1. The van der Waals surface area contributed by atoms with Gasteiger partial charge in [0.15, 0.2) is 0 Å². The van der Waals surface area contributed by atoms with E-state index in [2.05, 4.69) is 25.2 Å². The van der Waals surface area contributed by atoms with Crippen LogP contribution in [0.2, 0.25) is 0 Å². The van der Waals surface area contributed by atoms with Crippen molar-refractivity contribution in [3.05, 3.63) is 91.8 Å². The highest BCUT2D eigenvalue weighted by Crippen LogP contribution is 2.46.